The first-order valence-electron chi connectivity index (χ1n) is 7.42. The number of hydrogen-bond acceptors (Lipinski definition) is 5. The molecule has 24 heavy (non-hydrogen) atoms. The molecule has 1 heterocycles. The summed E-state index contributed by atoms with van der Waals surface area (Å²) in [5.74, 6) is 0.112. The molecule has 0 spiro atoms. The Morgan fingerprint density at radius 1 is 0.792 bits per heavy atom. The second-order valence-corrected chi connectivity index (χ2v) is 5.39. The van der Waals surface area contributed by atoms with E-state index in [4.69, 9.17) is 0 Å². The van der Waals surface area contributed by atoms with Crippen molar-refractivity contribution < 1.29 is 10.2 Å². The molecule has 0 unspecified atom stereocenters. The number of phenolic OH excluding ortho intramolecular Hbond substituents is 2. The summed E-state index contributed by atoms with van der Waals surface area (Å²) in [6.07, 6.45) is 1.70. The Morgan fingerprint density at radius 3 is 2.54 bits per heavy atom. The van der Waals surface area contributed by atoms with Crippen molar-refractivity contribution in [1.82, 2.24) is 4.98 Å². The number of pyridine rings is 1. The highest BCUT2D eigenvalue weighted by atomic mass is 16.3. The fourth-order valence-electron chi connectivity index (χ4n) is 2.66. The van der Waals surface area contributed by atoms with Crippen molar-refractivity contribution in [2.45, 2.75) is 0 Å². The molecule has 2 N–H and O–H groups in total. The zero-order valence-corrected chi connectivity index (χ0v) is 12.6. The van der Waals surface area contributed by atoms with Gasteiger partial charge in [-0.25, -0.2) is 0 Å². The van der Waals surface area contributed by atoms with E-state index in [9.17, 15) is 10.2 Å². The average Bonchev–Trinajstić information content (AvgIpc) is 2.61. The minimum Gasteiger partial charge on any atom is -0.508 e. The minimum absolute atomic E-state index is 0.00467. The third-order valence-corrected chi connectivity index (χ3v) is 3.82. The third-order valence-electron chi connectivity index (χ3n) is 3.82. The van der Waals surface area contributed by atoms with Crippen LogP contribution in [0.3, 0.4) is 0 Å². The van der Waals surface area contributed by atoms with Gasteiger partial charge in [0, 0.05) is 17.0 Å². The van der Waals surface area contributed by atoms with Crippen molar-refractivity contribution in [2.75, 3.05) is 0 Å². The Hall–Kier alpha value is -3.47. The molecule has 5 heteroatoms. The van der Waals surface area contributed by atoms with E-state index < -0.39 is 0 Å². The zero-order valence-electron chi connectivity index (χ0n) is 12.6. The lowest BCUT2D eigenvalue weighted by Gasteiger charge is -2.05. The lowest BCUT2D eigenvalue weighted by atomic mass is 10.1. The highest BCUT2D eigenvalue weighted by Gasteiger charge is 2.08. The number of para-hydroxylation sites is 1. The Labute approximate surface area is 137 Å². The van der Waals surface area contributed by atoms with Crippen molar-refractivity contribution in [3.63, 3.8) is 0 Å². The highest BCUT2D eigenvalue weighted by molar-refractivity contribution is 5.96. The van der Waals surface area contributed by atoms with Crippen LogP contribution in [0, 0.1) is 0 Å². The lowest BCUT2D eigenvalue weighted by Crippen LogP contribution is -1.78. The summed E-state index contributed by atoms with van der Waals surface area (Å²) in [5.41, 5.74) is 1.67. The van der Waals surface area contributed by atoms with E-state index in [0.29, 0.717) is 16.8 Å². The number of phenols is 2. The zero-order chi connectivity index (χ0) is 16.5. The highest BCUT2D eigenvalue weighted by Crippen LogP contribution is 2.38. The number of fused-ring (bicyclic) bond motifs is 2. The maximum atomic E-state index is 10.1. The van der Waals surface area contributed by atoms with Crippen LogP contribution in [0.15, 0.2) is 77.1 Å². The van der Waals surface area contributed by atoms with Gasteiger partial charge in [0.05, 0.1) is 5.52 Å². The first-order valence-corrected chi connectivity index (χ1v) is 7.42. The van der Waals surface area contributed by atoms with E-state index in [1.807, 2.05) is 30.3 Å². The Bertz CT molecular complexity index is 1080. The molecule has 0 saturated heterocycles. The van der Waals surface area contributed by atoms with Gasteiger partial charge in [0.15, 0.2) is 0 Å². The van der Waals surface area contributed by atoms with Gasteiger partial charge in [-0.3, -0.25) is 4.98 Å². The van der Waals surface area contributed by atoms with Crippen molar-refractivity contribution in [1.29, 1.82) is 0 Å². The molecule has 0 bridgehead atoms. The third kappa shape index (κ3) is 2.42. The van der Waals surface area contributed by atoms with Crippen LogP contribution >= 0.6 is 0 Å². The summed E-state index contributed by atoms with van der Waals surface area (Å²) in [5, 5.41) is 30.8. The average molecular weight is 315 g/mol. The molecular weight excluding hydrogens is 302 g/mol. The first-order chi connectivity index (χ1) is 11.7. The molecular formula is C19H13N3O2. The van der Waals surface area contributed by atoms with Crippen molar-refractivity contribution >= 4 is 33.1 Å². The van der Waals surface area contributed by atoms with E-state index in [-0.39, 0.29) is 11.5 Å². The molecule has 5 nitrogen and oxygen atoms in total. The van der Waals surface area contributed by atoms with Crippen molar-refractivity contribution in [3.8, 4) is 11.5 Å². The number of rotatable bonds is 2. The normalized spacial score (nSPS) is 11.5. The van der Waals surface area contributed by atoms with Crippen LogP contribution in [-0.4, -0.2) is 15.2 Å². The number of azo groups is 1. The molecule has 1 aromatic heterocycles. The second kappa shape index (κ2) is 5.62. The number of benzene rings is 3. The summed E-state index contributed by atoms with van der Waals surface area (Å²) in [6.45, 7) is 0. The van der Waals surface area contributed by atoms with E-state index in [0.717, 1.165) is 16.3 Å². The number of aromatic hydroxyl groups is 2. The molecule has 0 aliphatic heterocycles. The van der Waals surface area contributed by atoms with Gasteiger partial charge >= 0.3 is 0 Å². The van der Waals surface area contributed by atoms with Crippen LogP contribution in [0.1, 0.15) is 0 Å². The summed E-state index contributed by atoms with van der Waals surface area (Å²) in [4.78, 5) is 4.34. The maximum Gasteiger partial charge on any atom is 0.143 e. The topological polar surface area (TPSA) is 78.1 Å². The molecule has 0 saturated carbocycles. The van der Waals surface area contributed by atoms with E-state index >= 15 is 0 Å². The van der Waals surface area contributed by atoms with E-state index in [1.54, 1.807) is 36.5 Å². The van der Waals surface area contributed by atoms with Gasteiger partial charge in [0.1, 0.15) is 22.9 Å². The Morgan fingerprint density at radius 2 is 1.62 bits per heavy atom. The smallest absolute Gasteiger partial charge is 0.143 e. The number of aromatic nitrogens is 1. The van der Waals surface area contributed by atoms with Crippen molar-refractivity contribution in [2.24, 2.45) is 10.2 Å². The van der Waals surface area contributed by atoms with Crippen LogP contribution in [0.5, 0.6) is 11.5 Å². The van der Waals surface area contributed by atoms with Gasteiger partial charge < -0.3 is 10.2 Å². The van der Waals surface area contributed by atoms with Crippen LogP contribution in [0.4, 0.5) is 11.4 Å². The molecule has 4 rings (SSSR count). The van der Waals surface area contributed by atoms with Crippen LogP contribution < -0.4 is 0 Å². The fraction of sp³-hybridized carbons (Fsp3) is 0. The van der Waals surface area contributed by atoms with Gasteiger partial charge in [0.25, 0.3) is 0 Å². The maximum absolute atomic E-state index is 10.1. The molecule has 116 valence electrons. The van der Waals surface area contributed by atoms with Crippen LogP contribution in [0.25, 0.3) is 21.7 Å². The molecule has 0 atom stereocenters. The summed E-state index contributed by atoms with van der Waals surface area (Å²) < 4.78 is 0. The molecule has 3 aromatic carbocycles. The molecule has 0 amide bonds. The summed E-state index contributed by atoms with van der Waals surface area (Å²) in [7, 11) is 0. The predicted molar refractivity (Wildman–Crippen MR) is 93.2 cm³/mol. The lowest BCUT2D eigenvalue weighted by molar-refractivity contribution is 0.475. The van der Waals surface area contributed by atoms with Gasteiger partial charge in [-0.15, -0.1) is 10.2 Å². The van der Waals surface area contributed by atoms with E-state index in [2.05, 4.69) is 15.2 Å². The Balaban J connectivity index is 1.88. The quantitative estimate of drug-likeness (QED) is 0.498. The molecule has 4 aromatic rings. The van der Waals surface area contributed by atoms with Gasteiger partial charge in [0.2, 0.25) is 0 Å². The second-order valence-electron chi connectivity index (χ2n) is 5.39. The SMILES string of the molecule is Oc1ccc2ccc(O)c(/N=N/c3cccc4cccnc34)c2c1. The molecule has 0 radical (unpaired) electrons. The first kappa shape index (κ1) is 14.1. The number of nitrogens with zero attached hydrogens (tertiary/aromatic N) is 3. The molecule has 0 aliphatic carbocycles. The molecule has 0 fully saturated rings. The standard InChI is InChI=1S/C19H13N3O2/c23-14-8-6-12-7-9-17(24)19(15(12)11-14)22-21-16-5-1-3-13-4-2-10-20-18(13)16/h1-11,23-24H/b22-21+. The van der Waals surface area contributed by atoms with Crippen LogP contribution in [-0.2, 0) is 0 Å². The Kier molecular flexibility index (Phi) is 3.31. The largest absolute Gasteiger partial charge is 0.508 e. The monoisotopic (exact) mass is 315 g/mol. The van der Waals surface area contributed by atoms with Crippen molar-refractivity contribution in [3.05, 3.63) is 66.9 Å². The molecule has 0 aliphatic rings. The van der Waals surface area contributed by atoms with Gasteiger partial charge in [-0.1, -0.05) is 30.3 Å². The van der Waals surface area contributed by atoms with Gasteiger partial charge in [-0.05, 0) is 35.7 Å². The predicted octanol–water partition coefficient (Wildman–Crippen LogP) is 5.21. The fourth-order valence-corrected chi connectivity index (χ4v) is 2.66. The number of hydrogen-bond donors (Lipinski definition) is 2. The van der Waals surface area contributed by atoms with Crippen LogP contribution in [0.2, 0.25) is 0 Å². The van der Waals surface area contributed by atoms with E-state index in [1.165, 1.54) is 0 Å². The summed E-state index contributed by atoms with van der Waals surface area (Å²) in [6, 6.07) is 17.7. The van der Waals surface area contributed by atoms with Gasteiger partial charge in [-0.2, -0.15) is 0 Å². The minimum atomic E-state index is 0.00467. The summed E-state index contributed by atoms with van der Waals surface area (Å²) >= 11 is 0.